The molecule has 0 heterocycles. The summed E-state index contributed by atoms with van der Waals surface area (Å²) in [6, 6.07) is 8.50. The summed E-state index contributed by atoms with van der Waals surface area (Å²) in [7, 11) is 0. The average Bonchev–Trinajstić information content (AvgIpc) is 3.11. The molecule has 4 atom stereocenters. The Morgan fingerprint density at radius 3 is 2.26 bits per heavy atom. The van der Waals surface area contributed by atoms with Crippen LogP contribution in [0.2, 0.25) is 0 Å². The van der Waals surface area contributed by atoms with Gasteiger partial charge in [-0.3, -0.25) is 4.79 Å². The molecule has 2 aliphatic rings. The molecule has 0 aliphatic heterocycles. The summed E-state index contributed by atoms with van der Waals surface area (Å²) in [5, 5.41) is 2.09. The summed E-state index contributed by atoms with van der Waals surface area (Å²) >= 11 is 0. The number of rotatable bonds is 4. The van der Waals surface area contributed by atoms with Crippen LogP contribution < -0.4 is 5.32 Å². The molecule has 1 saturated carbocycles. The SMILES string of the molecule is CC(F)(c1ccc2c(c1)CC[C@H]1[C@H](NC(=O)C(F)(F)F)CC[C@@]21Cc1ccc(F)cc1)C(F)(F)F. The molecular formula is C25H23F8NO. The lowest BCUT2D eigenvalue weighted by Crippen LogP contribution is -2.49. The number of carbonyl (C=O) groups excluding carboxylic acids is 1. The standard InChI is InChI=1S/C25H23F8NO/c1-22(27,25(31,32)33)16-5-9-18-15(12-16)4-8-19-20(34-21(35)24(28,29)30)10-11-23(18,19)13-14-2-6-17(26)7-3-14/h2-3,5-7,9,12,19-20H,4,8,10-11,13H2,1H3,(H,34,35)/t19-,20+,22?,23+/m0/s1. The predicted octanol–water partition coefficient (Wildman–Crippen LogP) is 6.46. The van der Waals surface area contributed by atoms with Crippen LogP contribution in [0.1, 0.15) is 48.4 Å². The Bertz CT molecular complexity index is 1110. The van der Waals surface area contributed by atoms with Crippen molar-refractivity contribution in [2.75, 3.05) is 0 Å². The third kappa shape index (κ3) is 4.51. The Labute approximate surface area is 196 Å². The van der Waals surface area contributed by atoms with E-state index in [4.69, 9.17) is 0 Å². The van der Waals surface area contributed by atoms with Crippen LogP contribution in [0.3, 0.4) is 0 Å². The van der Waals surface area contributed by atoms with Crippen molar-refractivity contribution in [2.45, 2.75) is 68.5 Å². The largest absolute Gasteiger partial charge is 0.471 e. The molecule has 0 saturated heterocycles. The zero-order valence-electron chi connectivity index (χ0n) is 18.7. The third-order valence-electron chi connectivity index (χ3n) is 7.54. The number of fused-ring (bicyclic) bond motifs is 3. The van der Waals surface area contributed by atoms with E-state index in [1.54, 1.807) is 12.1 Å². The third-order valence-corrected chi connectivity index (χ3v) is 7.54. The number of benzene rings is 2. The Balaban J connectivity index is 1.76. The summed E-state index contributed by atoms with van der Waals surface area (Å²) in [5.74, 6) is -2.94. The molecule has 1 fully saturated rings. The summed E-state index contributed by atoms with van der Waals surface area (Å²) in [6.07, 6.45) is -8.76. The first-order valence-electron chi connectivity index (χ1n) is 11.2. The second-order valence-electron chi connectivity index (χ2n) is 9.59. The minimum Gasteiger partial charge on any atom is -0.345 e. The molecule has 0 aromatic heterocycles. The molecule has 0 radical (unpaired) electrons. The minimum absolute atomic E-state index is 0.228. The smallest absolute Gasteiger partial charge is 0.345 e. The van der Waals surface area contributed by atoms with Gasteiger partial charge < -0.3 is 5.32 Å². The first kappa shape index (κ1) is 25.4. The zero-order valence-corrected chi connectivity index (χ0v) is 18.7. The van der Waals surface area contributed by atoms with Gasteiger partial charge in [0.1, 0.15) is 5.82 Å². The Kier molecular flexibility index (Phi) is 6.17. The van der Waals surface area contributed by atoms with Crippen molar-refractivity contribution in [2.24, 2.45) is 5.92 Å². The number of carbonyl (C=O) groups is 1. The van der Waals surface area contributed by atoms with E-state index in [0.717, 1.165) is 6.07 Å². The van der Waals surface area contributed by atoms with E-state index in [1.807, 2.05) is 0 Å². The van der Waals surface area contributed by atoms with Gasteiger partial charge in [-0.2, -0.15) is 26.3 Å². The van der Waals surface area contributed by atoms with Gasteiger partial charge in [-0.1, -0.05) is 30.3 Å². The number of aryl methyl sites for hydroxylation is 1. The van der Waals surface area contributed by atoms with Crippen molar-refractivity contribution >= 4 is 5.91 Å². The maximum atomic E-state index is 14.7. The maximum absolute atomic E-state index is 14.7. The fraction of sp³-hybridized carbons (Fsp3) is 0.480. The fourth-order valence-corrected chi connectivity index (χ4v) is 5.75. The summed E-state index contributed by atoms with van der Waals surface area (Å²) in [4.78, 5) is 11.7. The lowest BCUT2D eigenvalue weighted by atomic mass is 9.61. The molecule has 1 amide bonds. The topological polar surface area (TPSA) is 29.1 Å². The van der Waals surface area contributed by atoms with E-state index in [2.05, 4.69) is 5.32 Å². The normalized spacial score (nSPS) is 26.0. The van der Waals surface area contributed by atoms with E-state index >= 15 is 0 Å². The first-order chi connectivity index (χ1) is 16.1. The van der Waals surface area contributed by atoms with Crippen molar-refractivity contribution in [3.05, 3.63) is 70.5 Å². The van der Waals surface area contributed by atoms with Crippen LogP contribution in [0, 0.1) is 11.7 Å². The van der Waals surface area contributed by atoms with Crippen LogP contribution in [-0.2, 0) is 28.7 Å². The molecule has 4 rings (SSSR count). The summed E-state index contributed by atoms with van der Waals surface area (Å²) in [5.41, 5.74) is -3.10. The van der Waals surface area contributed by atoms with Crippen molar-refractivity contribution < 1.29 is 39.9 Å². The summed E-state index contributed by atoms with van der Waals surface area (Å²) in [6.45, 7) is 0.451. The Morgan fingerprint density at radius 1 is 1.00 bits per heavy atom. The van der Waals surface area contributed by atoms with Crippen molar-refractivity contribution in [1.29, 1.82) is 0 Å². The van der Waals surface area contributed by atoms with E-state index in [9.17, 15) is 39.9 Å². The highest BCUT2D eigenvalue weighted by molar-refractivity contribution is 5.82. The number of amides is 1. The van der Waals surface area contributed by atoms with Gasteiger partial charge in [0.2, 0.25) is 5.67 Å². The van der Waals surface area contributed by atoms with Crippen LogP contribution in [-0.4, -0.2) is 24.3 Å². The quantitative estimate of drug-likeness (QED) is 0.475. The van der Waals surface area contributed by atoms with Gasteiger partial charge in [0, 0.05) is 11.5 Å². The Hall–Kier alpha value is -2.65. The molecule has 2 aromatic carbocycles. The predicted molar refractivity (Wildman–Crippen MR) is 112 cm³/mol. The molecule has 1 N–H and O–H groups in total. The maximum Gasteiger partial charge on any atom is 0.471 e. The second kappa shape index (κ2) is 8.48. The van der Waals surface area contributed by atoms with Crippen molar-refractivity contribution in [3.8, 4) is 0 Å². The number of halogens is 8. The van der Waals surface area contributed by atoms with Gasteiger partial charge in [-0.05, 0) is 79.3 Å². The molecule has 35 heavy (non-hydrogen) atoms. The first-order valence-corrected chi connectivity index (χ1v) is 11.2. The van der Waals surface area contributed by atoms with Gasteiger partial charge in [0.05, 0.1) is 0 Å². The van der Waals surface area contributed by atoms with Crippen molar-refractivity contribution in [3.63, 3.8) is 0 Å². The fourth-order valence-electron chi connectivity index (χ4n) is 5.75. The molecular weight excluding hydrogens is 482 g/mol. The minimum atomic E-state index is -5.12. The number of hydrogen-bond donors (Lipinski definition) is 1. The molecule has 2 aliphatic carbocycles. The van der Waals surface area contributed by atoms with Gasteiger partial charge in [0.15, 0.2) is 0 Å². The van der Waals surface area contributed by atoms with Crippen LogP contribution in [0.15, 0.2) is 42.5 Å². The second-order valence-corrected chi connectivity index (χ2v) is 9.59. The highest BCUT2D eigenvalue weighted by Gasteiger charge is 2.56. The van der Waals surface area contributed by atoms with E-state index in [0.29, 0.717) is 36.5 Å². The van der Waals surface area contributed by atoms with E-state index < -0.39 is 52.7 Å². The number of hydrogen-bond acceptors (Lipinski definition) is 1. The molecule has 0 bridgehead atoms. The van der Waals surface area contributed by atoms with Gasteiger partial charge in [-0.25, -0.2) is 8.78 Å². The number of alkyl halides is 7. The lowest BCUT2D eigenvalue weighted by Gasteiger charge is -2.44. The summed E-state index contributed by atoms with van der Waals surface area (Å²) < 4.78 is 107. The van der Waals surface area contributed by atoms with Gasteiger partial charge in [-0.15, -0.1) is 0 Å². The monoisotopic (exact) mass is 505 g/mol. The van der Waals surface area contributed by atoms with Crippen LogP contribution in [0.5, 0.6) is 0 Å². The van der Waals surface area contributed by atoms with E-state index in [-0.39, 0.29) is 19.3 Å². The zero-order chi connectivity index (χ0) is 25.8. The molecule has 1 unspecified atom stereocenters. The van der Waals surface area contributed by atoms with Crippen LogP contribution in [0.25, 0.3) is 0 Å². The van der Waals surface area contributed by atoms with Crippen molar-refractivity contribution in [1.82, 2.24) is 5.32 Å². The number of nitrogens with one attached hydrogen (secondary N) is 1. The average molecular weight is 505 g/mol. The van der Waals surface area contributed by atoms with E-state index in [1.165, 1.54) is 24.3 Å². The van der Waals surface area contributed by atoms with Gasteiger partial charge >= 0.3 is 18.3 Å². The highest BCUT2D eigenvalue weighted by Crippen LogP contribution is 2.55. The van der Waals surface area contributed by atoms with Gasteiger partial charge in [0.25, 0.3) is 0 Å². The van der Waals surface area contributed by atoms with Crippen LogP contribution in [0.4, 0.5) is 35.1 Å². The molecule has 190 valence electrons. The molecule has 2 nitrogen and oxygen atoms in total. The highest BCUT2D eigenvalue weighted by atomic mass is 19.4. The lowest BCUT2D eigenvalue weighted by molar-refractivity contribution is -0.228. The molecule has 0 spiro atoms. The molecule has 10 heteroatoms. The molecule has 2 aromatic rings. The Morgan fingerprint density at radius 2 is 1.66 bits per heavy atom. The van der Waals surface area contributed by atoms with Crippen LogP contribution >= 0.6 is 0 Å².